The van der Waals surface area contributed by atoms with E-state index in [0.29, 0.717) is 4.34 Å². The fourth-order valence-electron chi connectivity index (χ4n) is 1.87. The van der Waals surface area contributed by atoms with Crippen molar-refractivity contribution in [2.24, 2.45) is 0 Å². The van der Waals surface area contributed by atoms with Gasteiger partial charge in [-0.3, -0.25) is 0 Å². The third-order valence-corrected chi connectivity index (χ3v) is 5.27. The molecular weight excluding hydrogens is 332 g/mol. The normalized spacial score (nSPS) is 12.7. The summed E-state index contributed by atoms with van der Waals surface area (Å²) in [5.41, 5.74) is 2.18. The van der Waals surface area contributed by atoms with E-state index in [1.54, 1.807) is 0 Å². The molecule has 1 aromatic heterocycles. The number of aliphatic hydroxyl groups is 1. The van der Waals surface area contributed by atoms with Crippen LogP contribution in [0.1, 0.15) is 35.5 Å². The third kappa shape index (κ3) is 3.15. The van der Waals surface area contributed by atoms with Crippen LogP contribution in [0.25, 0.3) is 0 Å². The van der Waals surface area contributed by atoms with Gasteiger partial charge in [0.1, 0.15) is 10.4 Å². The maximum Gasteiger partial charge on any atom is 0.113 e. The summed E-state index contributed by atoms with van der Waals surface area (Å²) in [7, 11) is 0. The predicted octanol–water partition coefficient (Wildman–Crippen LogP) is 5.20. The lowest BCUT2D eigenvalue weighted by Crippen LogP contribution is -1.98. The highest BCUT2D eigenvalue weighted by Gasteiger charge is 2.15. The van der Waals surface area contributed by atoms with Crippen molar-refractivity contribution in [2.75, 3.05) is 0 Å². The van der Waals surface area contributed by atoms with Gasteiger partial charge in [0.2, 0.25) is 0 Å². The molecule has 0 radical (unpaired) electrons. The van der Waals surface area contributed by atoms with E-state index in [4.69, 9.17) is 11.6 Å². The lowest BCUT2D eigenvalue weighted by Gasteiger charge is -2.10. The second-order valence-electron chi connectivity index (χ2n) is 4.17. The predicted molar refractivity (Wildman–Crippen MR) is 81.5 cm³/mol. The molecule has 1 atom stereocenters. The summed E-state index contributed by atoms with van der Waals surface area (Å²) >= 11 is 10.8. The summed E-state index contributed by atoms with van der Waals surface area (Å²) in [4.78, 5) is 0.862. The van der Waals surface area contributed by atoms with Crippen molar-refractivity contribution >= 4 is 38.9 Å². The summed E-state index contributed by atoms with van der Waals surface area (Å²) in [5.74, 6) is 0. The number of thiophene rings is 1. The van der Waals surface area contributed by atoms with Crippen molar-refractivity contribution in [2.45, 2.75) is 25.9 Å². The van der Waals surface area contributed by atoms with Gasteiger partial charge in [0, 0.05) is 9.35 Å². The standard InChI is InChI=1S/C14H14BrClOS/c1-2-4-9-5-3-6-10(7-9)13(17)12-8-11(15)14(16)18-12/h3,5-8,13,17H,2,4H2,1H3. The van der Waals surface area contributed by atoms with Gasteiger partial charge in [-0.1, -0.05) is 49.2 Å². The average molecular weight is 346 g/mol. The Balaban J connectivity index is 2.27. The first-order valence-electron chi connectivity index (χ1n) is 5.83. The SMILES string of the molecule is CCCc1cccc(C(O)c2cc(Br)c(Cl)s2)c1. The molecule has 0 fully saturated rings. The molecule has 0 saturated carbocycles. The summed E-state index contributed by atoms with van der Waals surface area (Å²) in [6.45, 7) is 2.15. The number of halogens is 2. The molecule has 2 rings (SSSR count). The van der Waals surface area contributed by atoms with E-state index in [1.807, 2.05) is 18.2 Å². The maximum atomic E-state index is 10.4. The molecule has 96 valence electrons. The van der Waals surface area contributed by atoms with Crippen molar-refractivity contribution in [1.29, 1.82) is 0 Å². The van der Waals surface area contributed by atoms with E-state index in [-0.39, 0.29) is 0 Å². The van der Waals surface area contributed by atoms with Gasteiger partial charge in [0.25, 0.3) is 0 Å². The number of rotatable bonds is 4. The summed E-state index contributed by atoms with van der Waals surface area (Å²) in [6.07, 6.45) is 1.54. The van der Waals surface area contributed by atoms with E-state index in [9.17, 15) is 5.11 Å². The molecule has 1 nitrogen and oxygen atoms in total. The maximum absolute atomic E-state index is 10.4. The zero-order valence-corrected chi connectivity index (χ0v) is 13.1. The second kappa shape index (κ2) is 6.20. The quantitative estimate of drug-likeness (QED) is 0.807. The van der Waals surface area contributed by atoms with Gasteiger partial charge in [-0.15, -0.1) is 11.3 Å². The van der Waals surface area contributed by atoms with Gasteiger partial charge in [-0.05, 0) is 39.5 Å². The monoisotopic (exact) mass is 344 g/mol. The van der Waals surface area contributed by atoms with Gasteiger partial charge < -0.3 is 5.11 Å². The average Bonchev–Trinajstić information content (AvgIpc) is 2.69. The molecule has 0 saturated heterocycles. The molecule has 4 heteroatoms. The zero-order valence-electron chi connectivity index (χ0n) is 9.99. The van der Waals surface area contributed by atoms with Crippen molar-refractivity contribution in [3.05, 3.63) is 55.1 Å². The van der Waals surface area contributed by atoms with E-state index >= 15 is 0 Å². The van der Waals surface area contributed by atoms with Gasteiger partial charge in [0.15, 0.2) is 0 Å². The van der Waals surface area contributed by atoms with E-state index in [0.717, 1.165) is 27.8 Å². The summed E-state index contributed by atoms with van der Waals surface area (Å²) in [6, 6.07) is 9.98. The molecule has 1 unspecified atom stereocenters. The second-order valence-corrected chi connectivity index (χ2v) is 6.71. The molecule has 1 heterocycles. The largest absolute Gasteiger partial charge is 0.383 e. The van der Waals surface area contributed by atoms with E-state index in [1.165, 1.54) is 16.9 Å². The highest BCUT2D eigenvalue weighted by Crippen LogP contribution is 2.37. The highest BCUT2D eigenvalue weighted by atomic mass is 79.9. The zero-order chi connectivity index (χ0) is 13.1. The number of hydrogen-bond acceptors (Lipinski definition) is 2. The van der Waals surface area contributed by atoms with Crippen molar-refractivity contribution < 1.29 is 5.11 Å². The van der Waals surface area contributed by atoms with Crippen LogP contribution >= 0.6 is 38.9 Å². The Bertz CT molecular complexity index is 519. The fourth-order valence-corrected chi connectivity index (χ4v) is 3.62. The first-order valence-corrected chi connectivity index (χ1v) is 7.82. The summed E-state index contributed by atoms with van der Waals surface area (Å²) < 4.78 is 1.52. The van der Waals surface area contributed by atoms with Gasteiger partial charge in [0.05, 0.1) is 0 Å². The Morgan fingerprint density at radius 1 is 1.39 bits per heavy atom. The van der Waals surface area contributed by atoms with E-state index in [2.05, 4.69) is 35.0 Å². The van der Waals surface area contributed by atoms with Crippen LogP contribution in [0, 0.1) is 0 Å². The van der Waals surface area contributed by atoms with Crippen LogP contribution < -0.4 is 0 Å². The van der Waals surface area contributed by atoms with Crippen LogP contribution in [0.15, 0.2) is 34.8 Å². The molecule has 0 amide bonds. The highest BCUT2D eigenvalue weighted by molar-refractivity contribution is 9.10. The minimum Gasteiger partial charge on any atom is -0.383 e. The fraction of sp³-hybridized carbons (Fsp3) is 0.286. The van der Waals surface area contributed by atoms with Crippen molar-refractivity contribution in [1.82, 2.24) is 0 Å². The van der Waals surface area contributed by atoms with Crippen LogP contribution in [-0.4, -0.2) is 5.11 Å². The first-order chi connectivity index (χ1) is 8.61. The molecule has 18 heavy (non-hydrogen) atoms. The summed E-state index contributed by atoms with van der Waals surface area (Å²) in [5, 5.41) is 10.4. The van der Waals surface area contributed by atoms with Gasteiger partial charge >= 0.3 is 0 Å². The number of aryl methyl sites for hydroxylation is 1. The minimum absolute atomic E-state index is 0.601. The van der Waals surface area contributed by atoms with E-state index < -0.39 is 6.10 Å². The Labute approximate surface area is 125 Å². The molecule has 0 aliphatic heterocycles. The Kier molecular flexibility index (Phi) is 4.84. The van der Waals surface area contributed by atoms with Gasteiger partial charge in [-0.2, -0.15) is 0 Å². The molecular formula is C14H14BrClOS. The minimum atomic E-state index is -0.601. The van der Waals surface area contributed by atoms with Gasteiger partial charge in [-0.25, -0.2) is 0 Å². The van der Waals surface area contributed by atoms with Crippen LogP contribution in [0.5, 0.6) is 0 Å². The molecule has 1 N–H and O–H groups in total. The molecule has 2 aromatic rings. The van der Waals surface area contributed by atoms with Crippen molar-refractivity contribution in [3.63, 3.8) is 0 Å². The van der Waals surface area contributed by atoms with Crippen LogP contribution in [0.4, 0.5) is 0 Å². The van der Waals surface area contributed by atoms with Crippen LogP contribution in [0.2, 0.25) is 4.34 Å². The Morgan fingerprint density at radius 2 is 2.17 bits per heavy atom. The van der Waals surface area contributed by atoms with Crippen molar-refractivity contribution in [3.8, 4) is 0 Å². The third-order valence-electron chi connectivity index (χ3n) is 2.74. The number of aliphatic hydroxyl groups excluding tert-OH is 1. The number of benzene rings is 1. The molecule has 0 spiro atoms. The van der Waals surface area contributed by atoms with Crippen LogP contribution in [0.3, 0.4) is 0 Å². The first kappa shape index (κ1) is 14.1. The Morgan fingerprint density at radius 3 is 2.78 bits per heavy atom. The molecule has 0 aliphatic rings. The lowest BCUT2D eigenvalue weighted by atomic mass is 10.0. The molecule has 1 aromatic carbocycles. The Hall–Kier alpha value is -0.350. The smallest absolute Gasteiger partial charge is 0.113 e. The topological polar surface area (TPSA) is 20.2 Å². The lowest BCUT2D eigenvalue weighted by molar-refractivity contribution is 0.224. The number of hydrogen-bond donors (Lipinski definition) is 1. The molecule has 0 aliphatic carbocycles. The molecule has 0 bridgehead atoms. The van der Waals surface area contributed by atoms with Crippen LogP contribution in [-0.2, 0) is 6.42 Å².